The van der Waals surface area contributed by atoms with Crippen molar-refractivity contribution in [2.24, 2.45) is 0 Å². The molecule has 1 atom stereocenters. The number of furan rings is 1. The van der Waals surface area contributed by atoms with Gasteiger partial charge in [-0.25, -0.2) is 4.98 Å². The predicted molar refractivity (Wildman–Crippen MR) is 99.6 cm³/mol. The highest BCUT2D eigenvalue weighted by atomic mass is 16.3. The number of aromatic nitrogens is 2. The van der Waals surface area contributed by atoms with Crippen LogP contribution >= 0.6 is 0 Å². The van der Waals surface area contributed by atoms with Crippen LogP contribution in [0.15, 0.2) is 65.8 Å². The normalized spacial score (nSPS) is 12.6. The van der Waals surface area contributed by atoms with E-state index in [0.29, 0.717) is 0 Å². The molecule has 0 saturated carbocycles. The number of nitrogens with zero attached hydrogens (tertiary/aromatic N) is 3. The first kappa shape index (κ1) is 17.5. The van der Waals surface area contributed by atoms with Gasteiger partial charge in [-0.15, -0.1) is 0 Å². The van der Waals surface area contributed by atoms with Crippen LogP contribution in [0.25, 0.3) is 5.69 Å². The average Bonchev–Trinajstić information content (AvgIpc) is 3.36. The molecule has 5 heteroatoms. The Morgan fingerprint density at radius 3 is 2.56 bits per heavy atom. The van der Waals surface area contributed by atoms with Crippen LogP contribution in [0.3, 0.4) is 0 Å². The molecule has 2 heterocycles. The van der Waals surface area contributed by atoms with Crippen LogP contribution in [0.5, 0.6) is 0 Å². The minimum absolute atomic E-state index is 0.259. The summed E-state index contributed by atoms with van der Waals surface area (Å²) in [5.74, 6) is 1.02. The quantitative estimate of drug-likeness (QED) is 0.647. The van der Waals surface area contributed by atoms with Crippen LogP contribution in [0.4, 0.5) is 0 Å². The lowest BCUT2D eigenvalue weighted by Crippen LogP contribution is -2.35. The molecule has 3 rings (SSSR count). The third kappa shape index (κ3) is 4.38. The highest BCUT2D eigenvalue weighted by molar-refractivity contribution is 5.34. The summed E-state index contributed by atoms with van der Waals surface area (Å²) in [6, 6.07) is 12.8. The Labute approximate surface area is 149 Å². The predicted octanol–water partition coefficient (Wildman–Crippen LogP) is 3.64. The van der Waals surface area contributed by atoms with Crippen molar-refractivity contribution in [3.8, 4) is 5.69 Å². The zero-order valence-electron chi connectivity index (χ0n) is 14.9. The Balaban J connectivity index is 1.58. The van der Waals surface area contributed by atoms with E-state index in [2.05, 4.69) is 59.4 Å². The molecule has 0 aliphatic heterocycles. The smallest absolute Gasteiger partial charge is 0.122 e. The van der Waals surface area contributed by atoms with E-state index in [1.807, 2.05) is 23.2 Å². The maximum atomic E-state index is 5.65. The first-order valence-electron chi connectivity index (χ1n) is 8.87. The molecule has 0 amide bonds. The lowest BCUT2D eigenvalue weighted by atomic mass is 10.1. The van der Waals surface area contributed by atoms with Crippen LogP contribution in [0, 0.1) is 0 Å². The van der Waals surface area contributed by atoms with Crippen LogP contribution < -0.4 is 5.32 Å². The largest absolute Gasteiger partial charge is 0.468 e. The molecule has 2 aromatic heterocycles. The first-order valence-corrected chi connectivity index (χ1v) is 8.87. The van der Waals surface area contributed by atoms with Gasteiger partial charge < -0.3 is 14.3 Å². The van der Waals surface area contributed by atoms with Crippen molar-refractivity contribution in [2.75, 3.05) is 19.6 Å². The van der Waals surface area contributed by atoms with Gasteiger partial charge in [-0.05, 0) is 42.9 Å². The summed E-state index contributed by atoms with van der Waals surface area (Å²) in [5.41, 5.74) is 2.39. The average molecular weight is 338 g/mol. The Kier molecular flexibility index (Phi) is 6.04. The summed E-state index contributed by atoms with van der Waals surface area (Å²) in [7, 11) is 0. The fourth-order valence-corrected chi connectivity index (χ4v) is 3.11. The zero-order chi connectivity index (χ0) is 17.5. The van der Waals surface area contributed by atoms with Crippen LogP contribution in [0.1, 0.15) is 31.2 Å². The molecule has 1 N–H and O–H groups in total. The van der Waals surface area contributed by atoms with E-state index in [-0.39, 0.29) is 6.04 Å². The second kappa shape index (κ2) is 8.65. The number of rotatable bonds is 9. The summed E-state index contributed by atoms with van der Waals surface area (Å²) in [6.45, 7) is 8.08. The molecule has 5 nitrogen and oxygen atoms in total. The maximum absolute atomic E-state index is 5.65. The Hall–Kier alpha value is -2.37. The molecular weight excluding hydrogens is 312 g/mol. The molecule has 1 unspecified atom stereocenters. The Morgan fingerprint density at radius 2 is 1.96 bits per heavy atom. The number of likely N-dealkylation sites (N-methyl/N-ethyl adjacent to an activating group) is 1. The van der Waals surface area contributed by atoms with Crippen molar-refractivity contribution in [1.29, 1.82) is 0 Å². The van der Waals surface area contributed by atoms with Crippen molar-refractivity contribution in [2.45, 2.75) is 26.4 Å². The van der Waals surface area contributed by atoms with Crippen molar-refractivity contribution in [1.82, 2.24) is 19.8 Å². The van der Waals surface area contributed by atoms with Gasteiger partial charge in [0.15, 0.2) is 0 Å². The molecule has 0 saturated heterocycles. The van der Waals surface area contributed by atoms with Crippen molar-refractivity contribution >= 4 is 0 Å². The van der Waals surface area contributed by atoms with E-state index in [1.165, 1.54) is 5.56 Å². The lowest BCUT2D eigenvalue weighted by molar-refractivity contribution is 0.188. The van der Waals surface area contributed by atoms with E-state index < -0.39 is 0 Å². The van der Waals surface area contributed by atoms with Crippen molar-refractivity contribution < 1.29 is 4.42 Å². The summed E-state index contributed by atoms with van der Waals surface area (Å²) in [6.07, 6.45) is 7.30. The molecule has 1 aromatic carbocycles. The molecular formula is C20H26N4O. The standard InChI is InChI=1S/C20H26N4O/c1-3-23(4-2)19(20-6-5-13-25-20)15-22-14-17-7-9-18(10-8-17)24-12-11-21-16-24/h5-13,16,19,22H,3-4,14-15H2,1-2H3. The van der Waals surface area contributed by atoms with E-state index in [1.54, 1.807) is 12.5 Å². The van der Waals surface area contributed by atoms with Gasteiger partial charge in [0.2, 0.25) is 0 Å². The van der Waals surface area contributed by atoms with Gasteiger partial charge in [-0.1, -0.05) is 26.0 Å². The molecule has 0 fully saturated rings. The van der Waals surface area contributed by atoms with Gasteiger partial charge in [0.1, 0.15) is 5.76 Å². The number of nitrogens with one attached hydrogen (secondary N) is 1. The Bertz CT molecular complexity index is 716. The maximum Gasteiger partial charge on any atom is 0.122 e. The molecule has 25 heavy (non-hydrogen) atoms. The topological polar surface area (TPSA) is 46.2 Å². The van der Waals surface area contributed by atoms with Gasteiger partial charge in [0, 0.05) is 31.2 Å². The molecule has 3 aromatic rings. The number of hydrogen-bond donors (Lipinski definition) is 1. The summed E-state index contributed by atoms with van der Waals surface area (Å²) in [5, 5.41) is 3.57. The van der Waals surface area contributed by atoms with Gasteiger partial charge in [-0.2, -0.15) is 0 Å². The monoisotopic (exact) mass is 338 g/mol. The second-order valence-corrected chi connectivity index (χ2v) is 6.02. The van der Waals surface area contributed by atoms with E-state index >= 15 is 0 Å². The number of benzene rings is 1. The summed E-state index contributed by atoms with van der Waals surface area (Å²) < 4.78 is 7.65. The Morgan fingerprint density at radius 1 is 1.16 bits per heavy atom. The van der Waals surface area contributed by atoms with E-state index in [4.69, 9.17) is 4.42 Å². The fourth-order valence-electron chi connectivity index (χ4n) is 3.11. The molecule has 0 radical (unpaired) electrons. The molecule has 0 aliphatic carbocycles. The molecule has 132 valence electrons. The van der Waals surface area contributed by atoms with Gasteiger partial charge in [-0.3, -0.25) is 4.90 Å². The minimum Gasteiger partial charge on any atom is -0.468 e. The number of hydrogen-bond acceptors (Lipinski definition) is 4. The second-order valence-electron chi connectivity index (χ2n) is 6.02. The molecule has 0 bridgehead atoms. The highest BCUT2D eigenvalue weighted by Crippen LogP contribution is 2.20. The molecule has 0 spiro atoms. The van der Waals surface area contributed by atoms with Gasteiger partial charge in [0.05, 0.1) is 18.6 Å². The van der Waals surface area contributed by atoms with Crippen molar-refractivity contribution in [3.05, 3.63) is 72.7 Å². The van der Waals surface area contributed by atoms with Gasteiger partial charge in [0.25, 0.3) is 0 Å². The van der Waals surface area contributed by atoms with Crippen LogP contribution in [-0.4, -0.2) is 34.1 Å². The minimum atomic E-state index is 0.259. The zero-order valence-corrected chi connectivity index (χ0v) is 14.9. The third-order valence-corrected chi connectivity index (χ3v) is 4.53. The van der Waals surface area contributed by atoms with Crippen molar-refractivity contribution in [3.63, 3.8) is 0 Å². The van der Waals surface area contributed by atoms with E-state index in [9.17, 15) is 0 Å². The third-order valence-electron chi connectivity index (χ3n) is 4.53. The molecule has 0 aliphatic rings. The SMILES string of the molecule is CCN(CC)C(CNCc1ccc(-n2ccnc2)cc1)c1ccco1. The summed E-state index contributed by atoms with van der Waals surface area (Å²) in [4.78, 5) is 6.49. The van der Waals surface area contributed by atoms with Crippen LogP contribution in [0.2, 0.25) is 0 Å². The van der Waals surface area contributed by atoms with Gasteiger partial charge >= 0.3 is 0 Å². The first-order chi connectivity index (χ1) is 12.3. The number of imidazole rings is 1. The van der Waals surface area contributed by atoms with Crippen LogP contribution in [-0.2, 0) is 6.54 Å². The highest BCUT2D eigenvalue weighted by Gasteiger charge is 2.19. The van der Waals surface area contributed by atoms with E-state index in [0.717, 1.165) is 37.6 Å². The lowest BCUT2D eigenvalue weighted by Gasteiger charge is -2.28. The summed E-state index contributed by atoms with van der Waals surface area (Å²) >= 11 is 0. The fraction of sp³-hybridized carbons (Fsp3) is 0.350.